The van der Waals surface area contributed by atoms with Gasteiger partial charge in [0.05, 0.1) is 12.2 Å². The highest BCUT2D eigenvalue weighted by Gasteiger charge is 2.43. The molecule has 1 amide bonds. The van der Waals surface area contributed by atoms with Crippen LogP contribution in [0, 0.1) is 17.8 Å². The van der Waals surface area contributed by atoms with Crippen molar-refractivity contribution in [3.05, 3.63) is 29.3 Å². The summed E-state index contributed by atoms with van der Waals surface area (Å²) < 4.78 is 11.3. The Labute approximate surface area is 224 Å². The first kappa shape index (κ1) is 28.4. The van der Waals surface area contributed by atoms with Gasteiger partial charge in [-0.3, -0.25) is 4.79 Å². The Morgan fingerprint density at radius 3 is 2.84 bits per heavy atom. The van der Waals surface area contributed by atoms with Crippen LogP contribution in [-0.4, -0.2) is 62.9 Å². The van der Waals surface area contributed by atoms with Gasteiger partial charge < -0.3 is 24.8 Å². The zero-order valence-electron chi connectivity index (χ0n) is 23.3. The minimum absolute atomic E-state index is 0.00420. The second-order valence-corrected chi connectivity index (χ2v) is 11.8. The maximum absolute atomic E-state index is 13.6. The number of piperidine rings is 1. The van der Waals surface area contributed by atoms with Crippen molar-refractivity contribution in [1.29, 1.82) is 0 Å². The first-order valence-corrected chi connectivity index (χ1v) is 14.9. The number of para-hydroxylation sites is 1. The Hall–Kier alpha value is -1.63. The molecule has 0 spiro atoms. The molecule has 2 N–H and O–H groups in total. The molecule has 1 saturated carbocycles. The number of unbranched alkanes of at least 4 members (excludes halogenated alkanes) is 1. The number of nitrogens with one attached hydrogen (secondary N) is 1. The largest absolute Gasteiger partial charge is 0.493 e. The van der Waals surface area contributed by atoms with Crippen LogP contribution in [0.1, 0.15) is 88.2 Å². The average molecular weight is 515 g/mol. The maximum Gasteiger partial charge on any atom is 0.222 e. The van der Waals surface area contributed by atoms with E-state index in [-0.39, 0.29) is 11.8 Å². The molecule has 3 atom stereocenters. The zero-order valence-corrected chi connectivity index (χ0v) is 23.3. The minimum Gasteiger partial charge on any atom is -0.493 e. The molecule has 2 fully saturated rings. The van der Waals surface area contributed by atoms with Crippen molar-refractivity contribution in [3.63, 3.8) is 0 Å². The third-order valence-electron chi connectivity index (χ3n) is 9.13. The molecule has 0 unspecified atom stereocenters. The number of ether oxygens (including phenoxy) is 2. The second kappa shape index (κ2) is 14.0. The van der Waals surface area contributed by atoms with Gasteiger partial charge in [0.1, 0.15) is 5.75 Å². The number of carbonyl (C=O) groups is 1. The van der Waals surface area contributed by atoms with Gasteiger partial charge in [0.2, 0.25) is 5.91 Å². The number of rotatable bonds is 13. The van der Waals surface area contributed by atoms with E-state index in [0.29, 0.717) is 38.5 Å². The van der Waals surface area contributed by atoms with Crippen LogP contribution >= 0.6 is 0 Å². The Morgan fingerprint density at radius 2 is 2.05 bits per heavy atom. The summed E-state index contributed by atoms with van der Waals surface area (Å²) in [5.41, 5.74) is 1.10. The lowest BCUT2D eigenvalue weighted by Gasteiger charge is -2.43. The predicted molar refractivity (Wildman–Crippen MR) is 148 cm³/mol. The van der Waals surface area contributed by atoms with Crippen LogP contribution in [-0.2, 0) is 21.6 Å². The van der Waals surface area contributed by atoms with Gasteiger partial charge in [-0.1, -0.05) is 50.3 Å². The molecule has 208 valence electrons. The van der Waals surface area contributed by atoms with Crippen molar-refractivity contribution >= 4 is 5.91 Å². The number of aliphatic hydroxyl groups is 1. The molecule has 0 aromatic heterocycles. The van der Waals surface area contributed by atoms with E-state index in [9.17, 15) is 9.90 Å². The summed E-state index contributed by atoms with van der Waals surface area (Å²) >= 11 is 0. The molecule has 6 nitrogen and oxygen atoms in total. The van der Waals surface area contributed by atoms with Gasteiger partial charge in [-0.15, -0.1) is 0 Å². The predicted octanol–water partition coefficient (Wildman–Crippen LogP) is 5.06. The summed E-state index contributed by atoms with van der Waals surface area (Å²) in [6.07, 6.45) is 13.7. The number of methoxy groups -OCH3 is 1. The fraction of sp³-hybridized carbons (Fsp3) is 0.774. The number of carbonyl (C=O) groups excluding carboxylic acids is 1. The summed E-state index contributed by atoms with van der Waals surface area (Å²) in [7, 11) is 3.73. The molecular formula is C31H50N2O4. The van der Waals surface area contributed by atoms with E-state index in [1.54, 1.807) is 7.11 Å². The second-order valence-electron chi connectivity index (χ2n) is 11.8. The van der Waals surface area contributed by atoms with Crippen LogP contribution < -0.4 is 10.1 Å². The lowest BCUT2D eigenvalue weighted by Crippen LogP contribution is -2.48. The zero-order chi connectivity index (χ0) is 26.1. The molecule has 1 aliphatic carbocycles. The summed E-state index contributed by atoms with van der Waals surface area (Å²) in [6, 6.07) is 6.22. The quantitative estimate of drug-likeness (QED) is 0.360. The molecular weight excluding hydrogens is 464 g/mol. The molecule has 0 bridgehead atoms. The Kier molecular flexibility index (Phi) is 10.7. The van der Waals surface area contributed by atoms with E-state index in [0.717, 1.165) is 68.8 Å². The molecule has 6 heteroatoms. The summed E-state index contributed by atoms with van der Waals surface area (Å²) in [4.78, 5) is 15.7. The monoisotopic (exact) mass is 514 g/mol. The van der Waals surface area contributed by atoms with Crippen LogP contribution in [0.4, 0.5) is 0 Å². The topological polar surface area (TPSA) is 71.0 Å². The van der Waals surface area contributed by atoms with Crippen molar-refractivity contribution in [2.75, 3.05) is 47.0 Å². The SMILES string of the molecule is CNC[C@@H](CC(=O)N1CCC[C@@H]([C@@](O)(CCCCOC)c2cccc3c2OCC3)C1)CC1CCCCC1. The van der Waals surface area contributed by atoms with Crippen LogP contribution in [0.5, 0.6) is 5.75 Å². The van der Waals surface area contributed by atoms with Gasteiger partial charge in [-0.2, -0.15) is 0 Å². The number of amides is 1. The Morgan fingerprint density at radius 1 is 1.22 bits per heavy atom. The van der Waals surface area contributed by atoms with Crippen molar-refractivity contribution < 1.29 is 19.4 Å². The van der Waals surface area contributed by atoms with Crippen molar-refractivity contribution in [3.8, 4) is 5.75 Å². The van der Waals surface area contributed by atoms with E-state index in [1.807, 2.05) is 13.1 Å². The molecule has 37 heavy (non-hydrogen) atoms. The highest BCUT2D eigenvalue weighted by atomic mass is 16.5. The lowest BCUT2D eigenvalue weighted by molar-refractivity contribution is -0.138. The summed E-state index contributed by atoms with van der Waals surface area (Å²) in [5.74, 6) is 2.30. The fourth-order valence-electron chi connectivity index (χ4n) is 7.15. The molecule has 2 heterocycles. The first-order chi connectivity index (χ1) is 18.0. The third-order valence-corrected chi connectivity index (χ3v) is 9.13. The van der Waals surface area contributed by atoms with E-state index in [4.69, 9.17) is 9.47 Å². The summed E-state index contributed by atoms with van der Waals surface area (Å²) in [5, 5.41) is 15.7. The van der Waals surface area contributed by atoms with Gasteiger partial charge in [-0.25, -0.2) is 0 Å². The maximum atomic E-state index is 13.6. The van der Waals surface area contributed by atoms with E-state index in [1.165, 1.54) is 37.7 Å². The Balaban J connectivity index is 1.46. The van der Waals surface area contributed by atoms with E-state index in [2.05, 4.69) is 22.3 Å². The lowest BCUT2D eigenvalue weighted by atomic mass is 9.73. The van der Waals surface area contributed by atoms with Crippen molar-refractivity contribution in [2.45, 2.75) is 89.1 Å². The summed E-state index contributed by atoms with van der Waals surface area (Å²) in [6.45, 7) is 3.70. The normalized spacial score (nSPS) is 22.8. The Bertz CT molecular complexity index is 856. The van der Waals surface area contributed by atoms with E-state index >= 15 is 0 Å². The van der Waals surface area contributed by atoms with E-state index < -0.39 is 5.60 Å². The van der Waals surface area contributed by atoms with Crippen molar-refractivity contribution in [1.82, 2.24) is 10.2 Å². The number of fused-ring (bicyclic) bond motifs is 1. The number of hydrogen-bond donors (Lipinski definition) is 2. The van der Waals surface area contributed by atoms with Gasteiger partial charge in [-0.05, 0) is 69.5 Å². The highest BCUT2D eigenvalue weighted by Crippen LogP contribution is 2.46. The minimum atomic E-state index is -1.01. The molecule has 4 rings (SSSR count). The van der Waals surface area contributed by atoms with Crippen LogP contribution in [0.3, 0.4) is 0 Å². The highest BCUT2D eigenvalue weighted by molar-refractivity contribution is 5.76. The smallest absolute Gasteiger partial charge is 0.222 e. The van der Waals surface area contributed by atoms with Crippen LogP contribution in [0.25, 0.3) is 0 Å². The van der Waals surface area contributed by atoms with Crippen molar-refractivity contribution in [2.24, 2.45) is 17.8 Å². The third kappa shape index (κ3) is 7.27. The van der Waals surface area contributed by atoms with Gasteiger partial charge in [0.25, 0.3) is 0 Å². The van der Waals surface area contributed by atoms with Gasteiger partial charge in [0, 0.05) is 51.1 Å². The number of nitrogens with zero attached hydrogens (tertiary/aromatic N) is 1. The average Bonchev–Trinajstić information content (AvgIpc) is 3.41. The molecule has 1 aromatic rings. The molecule has 2 aliphatic heterocycles. The molecule has 3 aliphatic rings. The number of likely N-dealkylation sites (tertiary alicyclic amines) is 1. The first-order valence-electron chi connectivity index (χ1n) is 14.9. The standard InChI is InChI=1S/C31H50N2O4/c1-32-22-25(20-24-10-4-3-5-11-24)21-29(34)33-17-9-13-27(23-33)31(35,16-6-7-18-36-2)28-14-8-12-26-15-19-37-30(26)28/h8,12,14,24-25,27,32,35H,3-7,9-11,13,15-23H2,1-2H3/t25-,27-,31+/m1/s1. The number of hydrogen-bond acceptors (Lipinski definition) is 5. The van der Waals surface area contributed by atoms with Crippen LogP contribution in [0.2, 0.25) is 0 Å². The molecule has 0 radical (unpaired) electrons. The molecule has 1 saturated heterocycles. The number of benzene rings is 1. The van der Waals surface area contributed by atoms with Gasteiger partial charge >= 0.3 is 0 Å². The van der Waals surface area contributed by atoms with Crippen LogP contribution in [0.15, 0.2) is 18.2 Å². The van der Waals surface area contributed by atoms with Gasteiger partial charge in [0.15, 0.2) is 0 Å². The molecule has 1 aromatic carbocycles. The fourth-order valence-corrected chi connectivity index (χ4v) is 7.15.